The van der Waals surface area contributed by atoms with Crippen LogP contribution in [-0.4, -0.2) is 24.7 Å². The summed E-state index contributed by atoms with van der Waals surface area (Å²) in [5.74, 6) is 0.701. The molecule has 256 valence electrons. The van der Waals surface area contributed by atoms with Gasteiger partial charge in [-0.2, -0.15) is 5.10 Å². The van der Waals surface area contributed by atoms with Gasteiger partial charge in [0.1, 0.15) is 11.2 Å². The van der Waals surface area contributed by atoms with Crippen molar-refractivity contribution in [3.8, 4) is 33.8 Å². The first kappa shape index (κ1) is 32.1. The van der Waals surface area contributed by atoms with E-state index in [1.54, 1.807) is 6.20 Å². The quantitative estimate of drug-likeness (QED) is 0.148. The van der Waals surface area contributed by atoms with Crippen molar-refractivity contribution in [2.24, 2.45) is 0 Å². The Morgan fingerprint density at radius 3 is 1.98 bits per heavy atom. The normalized spacial score (nSPS) is 11.7. The van der Waals surface area contributed by atoms with Crippen LogP contribution < -0.4 is 5.73 Å². The number of imidazole rings is 1. The van der Waals surface area contributed by atoms with E-state index < -0.39 is 5.54 Å². The Hall–Kier alpha value is -6.79. The third-order valence-electron chi connectivity index (χ3n) is 10.2. The molecule has 0 amide bonds. The predicted molar refractivity (Wildman–Crippen MR) is 217 cm³/mol. The molecule has 0 radical (unpaired) electrons. The number of aromatic nitrogens is 5. The lowest BCUT2D eigenvalue weighted by molar-refractivity contribution is 0.477. The first-order valence-corrected chi connectivity index (χ1v) is 18.1. The predicted octanol–water partition coefficient (Wildman–Crippen LogP) is 10.7. The highest BCUT2D eigenvalue weighted by Crippen LogP contribution is 2.44. The number of nitrogens with one attached hydrogen (secondary N) is 1. The highest BCUT2D eigenvalue weighted by molar-refractivity contribution is 5.99. The molecule has 0 atom stereocenters. The third-order valence-corrected chi connectivity index (χ3v) is 10.2. The number of rotatable bonds is 9. The van der Waals surface area contributed by atoms with Crippen molar-refractivity contribution in [2.75, 3.05) is 5.73 Å². The fourth-order valence-corrected chi connectivity index (χ4v) is 7.81. The lowest BCUT2D eigenvalue weighted by atomic mass is 9.77. The van der Waals surface area contributed by atoms with Crippen LogP contribution in [0.3, 0.4) is 0 Å². The van der Waals surface area contributed by atoms with Gasteiger partial charge in [-0.25, -0.2) is 9.67 Å². The topological polar surface area (TPSA) is 85.4 Å². The molecule has 3 N–H and O–H groups in total. The monoisotopic (exact) mass is 686 g/mol. The number of hydrogen-bond acceptors (Lipinski definition) is 4. The van der Waals surface area contributed by atoms with Gasteiger partial charge in [0.2, 0.25) is 0 Å². The zero-order valence-corrected chi connectivity index (χ0v) is 29.4. The van der Waals surface area contributed by atoms with E-state index in [-0.39, 0.29) is 0 Å². The number of para-hydroxylation sites is 1. The molecule has 6 heteroatoms. The zero-order valence-electron chi connectivity index (χ0n) is 29.4. The van der Waals surface area contributed by atoms with Crippen molar-refractivity contribution in [1.29, 1.82) is 0 Å². The van der Waals surface area contributed by atoms with E-state index in [1.165, 1.54) is 5.56 Å². The summed E-state index contributed by atoms with van der Waals surface area (Å²) in [6.07, 6.45) is 5.66. The van der Waals surface area contributed by atoms with Crippen molar-refractivity contribution in [1.82, 2.24) is 24.7 Å². The van der Waals surface area contributed by atoms with Crippen LogP contribution in [0.5, 0.6) is 0 Å². The first-order chi connectivity index (χ1) is 26.1. The second-order valence-electron chi connectivity index (χ2n) is 13.5. The number of fused-ring (bicyclic) bond motifs is 2. The maximum atomic E-state index is 6.22. The SMILES string of the molecule is CCCc1cccc(-c2cccc3[nH]c(-c4nn(C(c5ccccc5)(c5ccccc5)c5ccccc5)c5ccc(-c6cncc(N)c6)cc45)nc23)c1. The van der Waals surface area contributed by atoms with Crippen LogP contribution >= 0.6 is 0 Å². The average molecular weight is 687 g/mol. The van der Waals surface area contributed by atoms with Gasteiger partial charge in [0.15, 0.2) is 5.82 Å². The Morgan fingerprint density at radius 2 is 1.32 bits per heavy atom. The molecule has 9 rings (SSSR count). The van der Waals surface area contributed by atoms with E-state index in [1.807, 2.05) is 12.3 Å². The van der Waals surface area contributed by atoms with E-state index in [4.69, 9.17) is 15.8 Å². The Balaban J connectivity index is 1.36. The minimum absolute atomic E-state index is 0.614. The van der Waals surface area contributed by atoms with Gasteiger partial charge in [0, 0.05) is 28.9 Å². The number of anilines is 1. The zero-order chi connectivity index (χ0) is 35.8. The summed E-state index contributed by atoms with van der Waals surface area (Å²) in [5.41, 5.74) is 18.4. The molecular formula is C47H38N6. The maximum Gasteiger partial charge on any atom is 0.159 e. The maximum absolute atomic E-state index is 6.22. The Kier molecular flexibility index (Phi) is 8.13. The first-order valence-electron chi connectivity index (χ1n) is 18.1. The molecule has 0 spiro atoms. The number of nitrogens with two attached hydrogens (primary N) is 1. The molecule has 0 aliphatic heterocycles. The van der Waals surface area contributed by atoms with Crippen LogP contribution in [0, 0.1) is 0 Å². The second-order valence-corrected chi connectivity index (χ2v) is 13.5. The number of nitrogen functional groups attached to an aromatic ring is 1. The van der Waals surface area contributed by atoms with Crippen molar-refractivity contribution in [3.05, 3.63) is 192 Å². The lowest BCUT2D eigenvalue weighted by Gasteiger charge is -2.37. The summed E-state index contributed by atoms with van der Waals surface area (Å²) >= 11 is 0. The number of H-pyrrole nitrogens is 1. The van der Waals surface area contributed by atoms with Crippen LogP contribution in [0.2, 0.25) is 0 Å². The summed E-state index contributed by atoms with van der Waals surface area (Å²) in [6, 6.07) is 55.6. The molecule has 3 aromatic heterocycles. The van der Waals surface area contributed by atoms with E-state index in [2.05, 4.69) is 173 Å². The summed E-state index contributed by atoms with van der Waals surface area (Å²) < 4.78 is 2.20. The largest absolute Gasteiger partial charge is 0.397 e. The average Bonchev–Trinajstić information content (AvgIpc) is 3.82. The van der Waals surface area contributed by atoms with Crippen molar-refractivity contribution < 1.29 is 0 Å². The molecule has 0 saturated heterocycles. The fourth-order valence-electron chi connectivity index (χ4n) is 7.81. The molecule has 53 heavy (non-hydrogen) atoms. The number of pyridine rings is 1. The highest BCUT2D eigenvalue weighted by atomic mass is 15.3. The second kappa shape index (κ2) is 13.4. The van der Waals surface area contributed by atoms with E-state index in [9.17, 15) is 0 Å². The summed E-state index contributed by atoms with van der Waals surface area (Å²) in [7, 11) is 0. The molecule has 0 aliphatic rings. The van der Waals surface area contributed by atoms with Crippen molar-refractivity contribution in [2.45, 2.75) is 25.3 Å². The number of aromatic amines is 1. The standard InChI is InChI=1S/C47H38N6/c1-2-14-32-15-12-16-34(27-32)40-23-13-24-42-44(40)51-46(50-42)45-41-29-33(35-28-39(48)31-49-30-35)25-26-43(41)53(52-45)47(36-17-6-3-7-18-36,37-19-8-4-9-20-37)38-21-10-5-11-22-38/h3-13,15-31H,2,14,48H2,1H3,(H,50,51). The Bertz CT molecular complexity index is 2600. The minimum atomic E-state index is -0.822. The van der Waals surface area contributed by atoms with Crippen LogP contribution in [0.25, 0.3) is 55.7 Å². The lowest BCUT2D eigenvalue weighted by Crippen LogP contribution is -2.38. The molecule has 0 saturated carbocycles. The van der Waals surface area contributed by atoms with Crippen LogP contribution in [0.1, 0.15) is 35.6 Å². The van der Waals surface area contributed by atoms with E-state index >= 15 is 0 Å². The van der Waals surface area contributed by atoms with Crippen LogP contribution in [-0.2, 0) is 12.0 Å². The molecular weight excluding hydrogens is 649 g/mol. The molecule has 6 nitrogen and oxygen atoms in total. The summed E-state index contributed by atoms with van der Waals surface area (Å²) in [4.78, 5) is 13.4. The molecule has 0 unspecified atom stereocenters. The van der Waals surface area contributed by atoms with Crippen LogP contribution in [0.15, 0.2) is 170 Å². The smallest absolute Gasteiger partial charge is 0.159 e. The fraction of sp³-hybridized carbons (Fsp3) is 0.0851. The number of nitrogens with zero attached hydrogens (tertiary/aromatic N) is 4. The van der Waals surface area contributed by atoms with Gasteiger partial charge >= 0.3 is 0 Å². The van der Waals surface area contributed by atoms with Gasteiger partial charge in [-0.05, 0) is 64.1 Å². The molecule has 9 aromatic rings. The third kappa shape index (κ3) is 5.56. The van der Waals surface area contributed by atoms with Gasteiger partial charge in [0.25, 0.3) is 0 Å². The summed E-state index contributed by atoms with van der Waals surface area (Å²) in [5, 5.41) is 6.59. The van der Waals surface area contributed by atoms with Gasteiger partial charge < -0.3 is 10.7 Å². The van der Waals surface area contributed by atoms with Gasteiger partial charge in [-0.15, -0.1) is 0 Å². The van der Waals surface area contributed by atoms with Crippen molar-refractivity contribution in [3.63, 3.8) is 0 Å². The van der Waals surface area contributed by atoms with Crippen LogP contribution in [0.4, 0.5) is 5.69 Å². The molecule has 6 aromatic carbocycles. The molecule has 0 aliphatic carbocycles. The number of hydrogen-bond donors (Lipinski definition) is 2. The van der Waals surface area contributed by atoms with Crippen molar-refractivity contribution >= 4 is 27.6 Å². The number of aryl methyl sites for hydroxylation is 1. The highest BCUT2D eigenvalue weighted by Gasteiger charge is 2.41. The number of benzene rings is 6. The Labute approximate surface area is 308 Å². The van der Waals surface area contributed by atoms with Gasteiger partial charge in [-0.1, -0.05) is 147 Å². The van der Waals surface area contributed by atoms with Gasteiger partial charge in [0.05, 0.1) is 22.2 Å². The molecule has 3 heterocycles. The summed E-state index contributed by atoms with van der Waals surface area (Å²) in [6.45, 7) is 2.22. The van der Waals surface area contributed by atoms with E-state index in [0.29, 0.717) is 11.5 Å². The molecule has 0 fully saturated rings. The van der Waals surface area contributed by atoms with E-state index in [0.717, 1.165) is 79.4 Å². The minimum Gasteiger partial charge on any atom is -0.397 e. The Morgan fingerprint density at radius 1 is 0.642 bits per heavy atom. The van der Waals surface area contributed by atoms with Gasteiger partial charge in [-0.3, -0.25) is 4.98 Å². The molecule has 0 bridgehead atoms.